The molecule has 1 aliphatic rings. The average molecular weight is 447 g/mol. The molecule has 7 heteroatoms. The lowest BCUT2D eigenvalue weighted by atomic mass is 10.0. The molecule has 6 rings (SSSR count). The van der Waals surface area contributed by atoms with E-state index < -0.39 is 0 Å². The molecule has 3 heterocycles. The standard InChI is InChI=1S/C27H21N5O2/c1-34-21-12-10-20(11-13-21)32-17-19(29-30-32)16-31-15-18(22-6-3-5-9-26(22)31)14-24-23-7-2-4-8-25(23)28-27(24)33/h2-15,17H,16H2,1H3,(H,28,33). The molecule has 1 amide bonds. The van der Waals surface area contributed by atoms with Gasteiger partial charge in [0.25, 0.3) is 5.91 Å². The van der Waals surface area contributed by atoms with Gasteiger partial charge >= 0.3 is 0 Å². The summed E-state index contributed by atoms with van der Waals surface area (Å²) >= 11 is 0. The third-order valence-corrected chi connectivity index (χ3v) is 6.04. The van der Waals surface area contributed by atoms with Crippen LogP contribution in [0.3, 0.4) is 0 Å². The molecule has 2 aromatic heterocycles. The Bertz CT molecular complexity index is 1560. The molecule has 1 aliphatic heterocycles. The maximum Gasteiger partial charge on any atom is 0.256 e. The normalized spacial score (nSPS) is 13.9. The summed E-state index contributed by atoms with van der Waals surface area (Å²) in [6.07, 6.45) is 5.96. The first-order valence-electron chi connectivity index (χ1n) is 11.0. The Labute approximate surface area is 195 Å². The van der Waals surface area contributed by atoms with Crippen LogP contribution in [-0.2, 0) is 11.3 Å². The number of para-hydroxylation sites is 2. The largest absolute Gasteiger partial charge is 0.497 e. The van der Waals surface area contributed by atoms with Crippen molar-refractivity contribution in [3.05, 3.63) is 102 Å². The molecule has 0 saturated carbocycles. The minimum atomic E-state index is -0.0829. The zero-order chi connectivity index (χ0) is 23.1. The summed E-state index contributed by atoms with van der Waals surface area (Å²) in [5.41, 5.74) is 6.24. The highest BCUT2D eigenvalue weighted by Crippen LogP contribution is 2.34. The van der Waals surface area contributed by atoms with Crippen molar-refractivity contribution in [1.82, 2.24) is 19.6 Å². The Hall–Kier alpha value is -4.65. The summed E-state index contributed by atoms with van der Waals surface area (Å²) < 4.78 is 9.12. The molecule has 0 unspecified atom stereocenters. The maximum atomic E-state index is 12.6. The molecule has 0 spiro atoms. The van der Waals surface area contributed by atoms with E-state index in [1.54, 1.807) is 11.8 Å². The van der Waals surface area contributed by atoms with Crippen LogP contribution < -0.4 is 10.1 Å². The predicted molar refractivity (Wildman–Crippen MR) is 132 cm³/mol. The maximum absolute atomic E-state index is 12.6. The SMILES string of the molecule is COc1ccc(-n2cc(Cn3cc(C=C4C(=O)Nc5ccccc54)c4ccccc43)nn2)cc1. The molecule has 0 aliphatic carbocycles. The molecule has 0 fully saturated rings. The zero-order valence-corrected chi connectivity index (χ0v) is 18.5. The van der Waals surface area contributed by atoms with Crippen molar-refractivity contribution in [1.29, 1.82) is 0 Å². The molecule has 0 saturated heterocycles. The van der Waals surface area contributed by atoms with Crippen LogP contribution in [0.25, 0.3) is 28.2 Å². The molecule has 166 valence electrons. The quantitative estimate of drug-likeness (QED) is 0.394. The van der Waals surface area contributed by atoms with E-state index in [2.05, 4.69) is 38.5 Å². The molecule has 7 nitrogen and oxygen atoms in total. The molecule has 0 atom stereocenters. The van der Waals surface area contributed by atoms with E-state index in [0.717, 1.165) is 44.8 Å². The lowest BCUT2D eigenvalue weighted by Gasteiger charge is -2.03. The number of amides is 1. The molecule has 34 heavy (non-hydrogen) atoms. The highest BCUT2D eigenvalue weighted by molar-refractivity contribution is 6.35. The average Bonchev–Trinajstić information content (AvgIpc) is 3.56. The van der Waals surface area contributed by atoms with E-state index in [9.17, 15) is 4.79 Å². The van der Waals surface area contributed by atoms with E-state index in [-0.39, 0.29) is 5.91 Å². The molecule has 0 radical (unpaired) electrons. The third kappa shape index (κ3) is 3.44. The number of methoxy groups -OCH3 is 1. The van der Waals surface area contributed by atoms with Gasteiger partial charge in [0.05, 0.1) is 25.5 Å². The van der Waals surface area contributed by atoms with Gasteiger partial charge in [-0.3, -0.25) is 4.79 Å². The van der Waals surface area contributed by atoms with Gasteiger partial charge in [0, 0.05) is 39.5 Å². The molecule has 3 aromatic carbocycles. The number of hydrogen-bond acceptors (Lipinski definition) is 4. The van der Waals surface area contributed by atoms with Crippen LogP contribution in [0.2, 0.25) is 0 Å². The lowest BCUT2D eigenvalue weighted by molar-refractivity contribution is -0.110. The number of benzene rings is 3. The summed E-state index contributed by atoms with van der Waals surface area (Å²) in [6, 6.07) is 23.6. The second kappa shape index (κ2) is 8.04. The second-order valence-corrected chi connectivity index (χ2v) is 8.14. The van der Waals surface area contributed by atoms with Gasteiger partial charge in [-0.05, 0) is 42.5 Å². The van der Waals surface area contributed by atoms with E-state index in [1.165, 1.54) is 0 Å². The fraction of sp³-hybridized carbons (Fsp3) is 0.0741. The zero-order valence-electron chi connectivity index (χ0n) is 18.5. The predicted octanol–water partition coefficient (Wildman–Crippen LogP) is 4.77. The van der Waals surface area contributed by atoms with E-state index >= 15 is 0 Å². The first-order chi connectivity index (χ1) is 16.7. The van der Waals surface area contributed by atoms with Crippen LogP contribution in [0.5, 0.6) is 5.75 Å². The Morgan fingerprint density at radius 2 is 1.76 bits per heavy atom. The van der Waals surface area contributed by atoms with Crippen LogP contribution in [0.4, 0.5) is 5.69 Å². The van der Waals surface area contributed by atoms with E-state index in [4.69, 9.17) is 4.74 Å². The highest BCUT2D eigenvalue weighted by Gasteiger charge is 2.24. The monoisotopic (exact) mass is 447 g/mol. The van der Waals surface area contributed by atoms with Crippen molar-refractivity contribution in [2.45, 2.75) is 6.54 Å². The summed E-state index contributed by atoms with van der Waals surface area (Å²) in [5, 5.41) is 12.7. The van der Waals surface area contributed by atoms with Crippen LogP contribution in [-0.4, -0.2) is 32.6 Å². The van der Waals surface area contributed by atoms with Crippen molar-refractivity contribution in [2.75, 3.05) is 12.4 Å². The van der Waals surface area contributed by atoms with Gasteiger partial charge < -0.3 is 14.6 Å². The number of carbonyl (C=O) groups excluding carboxylic acids is 1. The van der Waals surface area contributed by atoms with Crippen molar-refractivity contribution < 1.29 is 9.53 Å². The second-order valence-electron chi connectivity index (χ2n) is 8.14. The summed E-state index contributed by atoms with van der Waals surface area (Å²) in [7, 11) is 1.64. The van der Waals surface area contributed by atoms with E-state index in [0.29, 0.717) is 12.1 Å². The van der Waals surface area contributed by atoms with Gasteiger partial charge in [0.2, 0.25) is 0 Å². The first-order valence-corrected chi connectivity index (χ1v) is 11.0. The fourth-order valence-electron chi connectivity index (χ4n) is 4.37. The number of nitrogens with one attached hydrogen (secondary N) is 1. The van der Waals surface area contributed by atoms with Gasteiger partial charge in [0.1, 0.15) is 11.4 Å². The fourth-order valence-corrected chi connectivity index (χ4v) is 4.37. The smallest absolute Gasteiger partial charge is 0.256 e. The van der Waals surface area contributed by atoms with Crippen LogP contribution in [0.15, 0.2) is 85.2 Å². The van der Waals surface area contributed by atoms with Gasteiger partial charge in [0.15, 0.2) is 0 Å². The van der Waals surface area contributed by atoms with Crippen molar-refractivity contribution in [3.63, 3.8) is 0 Å². The minimum Gasteiger partial charge on any atom is -0.497 e. The number of hydrogen-bond donors (Lipinski definition) is 1. The van der Waals surface area contributed by atoms with E-state index in [1.807, 2.05) is 72.9 Å². The number of nitrogens with zero attached hydrogens (tertiary/aromatic N) is 4. The Morgan fingerprint density at radius 1 is 0.971 bits per heavy atom. The summed E-state index contributed by atoms with van der Waals surface area (Å²) in [6.45, 7) is 0.558. The van der Waals surface area contributed by atoms with Crippen LogP contribution in [0.1, 0.15) is 16.8 Å². The number of carbonyl (C=O) groups is 1. The molecular weight excluding hydrogens is 426 g/mol. The number of fused-ring (bicyclic) bond motifs is 2. The third-order valence-electron chi connectivity index (χ3n) is 6.04. The molecule has 1 N–H and O–H groups in total. The number of anilines is 1. The highest BCUT2D eigenvalue weighted by atomic mass is 16.5. The Morgan fingerprint density at radius 3 is 2.62 bits per heavy atom. The van der Waals surface area contributed by atoms with Gasteiger partial charge in [-0.1, -0.05) is 41.6 Å². The lowest BCUT2D eigenvalue weighted by Crippen LogP contribution is -2.03. The van der Waals surface area contributed by atoms with Crippen LogP contribution >= 0.6 is 0 Å². The van der Waals surface area contributed by atoms with Gasteiger partial charge in [-0.2, -0.15) is 0 Å². The summed E-state index contributed by atoms with van der Waals surface area (Å²) in [4.78, 5) is 12.6. The van der Waals surface area contributed by atoms with Crippen LogP contribution in [0, 0.1) is 0 Å². The Balaban J connectivity index is 1.35. The van der Waals surface area contributed by atoms with Crippen molar-refractivity contribution in [2.24, 2.45) is 0 Å². The molecular formula is C27H21N5O2. The van der Waals surface area contributed by atoms with Crippen molar-refractivity contribution >= 4 is 34.1 Å². The topological polar surface area (TPSA) is 74.0 Å². The number of rotatable bonds is 5. The number of ether oxygens (including phenoxy) is 1. The van der Waals surface area contributed by atoms with Crippen molar-refractivity contribution in [3.8, 4) is 11.4 Å². The molecule has 5 aromatic rings. The summed E-state index contributed by atoms with van der Waals surface area (Å²) in [5.74, 6) is 0.712. The Kier molecular flexibility index (Phi) is 4.73. The minimum absolute atomic E-state index is 0.0829. The molecule has 0 bridgehead atoms. The van der Waals surface area contributed by atoms with Gasteiger partial charge in [-0.25, -0.2) is 4.68 Å². The first kappa shape index (κ1) is 20.0. The van der Waals surface area contributed by atoms with Gasteiger partial charge in [-0.15, -0.1) is 5.10 Å². The number of aromatic nitrogens is 4.